The Kier molecular flexibility index (Phi) is 6.09. The van der Waals surface area contributed by atoms with Gasteiger partial charge in [-0.1, -0.05) is 59.8 Å². The topological polar surface area (TPSA) is 76.0 Å². The van der Waals surface area contributed by atoms with Gasteiger partial charge in [0.15, 0.2) is 15.0 Å². The van der Waals surface area contributed by atoms with Crippen molar-refractivity contribution < 1.29 is 17.9 Å². The number of ether oxygens (including phenoxy) is 1. The number of sulfone groups is 1. The summed E-state index contributed by atoms with van der Waals surface area (Å²) < 4.78 is 29.6. The van der Waals surface area contributed by atoms with Crippen LogP contribution in [0.25, 0.3) is 0 Å². The summed E-state index contributed by atoms with van der Waals surface area (Å²) in [6, 6.07) is 14.6. The van der Waals surface area contributed by atoms with Crippen LogP contribution in [-0.4, -0.2) is 54.3 Å². The Balaban J connectivity index is 1.60. The molecule has 30 heavy (non-hydrogen) atoms. The molecule has 2 unspecified atom stereocenters. The molecular formula is C21H21ClN2O4S2. The lowest BCUT2D eigenvalue weighted by Crippen LogP contribution is -2.37. The average Bonchev–Trinajstić information content (AvgIpc) is 3.15. The highest BCUT2D eigenvalue weighted by molar-refractivity contribution is 8.15. The fourth-order valence-corrected chi connectivity index (χ4v) is 7.95. The molecular weight excluding hydrogens is 444 g/mol. The summed E-state index contributed by atoms with van der Waals surface area (Å²) in [5.74, 6) is 0.505. The van der Waals surface area contributed by atoms with Gasteiger partial charge < -0.3 is 9.64 Å². The molecule has 0 aliphatic carbocycles. The quantitative estimate of drug-likeness (QED) is 0.676. The van der Waals surface area contributed by atoms with Gasteiger partial charge in [-0.05, 0) is 17.7 Å². The van der Waals surface area contributed by atoms with Gasteiger partial charge in [0.25, 0.3) is 5.91 Å². The number of methoxy groups -OCH3 is 1. The molecule has 0 radical (unpaired) electrons. The fourth-order valence-electron chi connectivity index (χ4n) is 3.79. The van der Waals surface area contributed by atoms with E-state index in [2.05, 4.69) is 4.99 Å². The van der Waals surface area contributed by atoms with Crippen LogP contribution in [0.4, 0.5) is 0 Å². The van der Waals surface area contributed by atoms with Gasteiger partial charge in [0, 0.05) is 22.4 Å². The molecule has 6 nitrogen and oxygen atoms in total. The molecule has 1 amide bonds. The first-order valence-corrected chi connectivity index (χ1v) is 12.5. The Morgan fingerprint density at radius 1 is 1.17 bits per heavy atom. The van der Waals surface area contributed by atoms with Crippen LogP contribution in [0.2, 0.25) is 5.02 Å². The first kappa shape index (κ1) is 21.2. The zero-order valence-electron chi connectivity index (χ0n) is 16.3. The Morgan fingerprint density at radius 3 is 2.60 bits per heavy atom. The van der Waals surface area contributed by atoms with E-state index in [-0.39, 0.29) is 35.1 Å². The van der Waals surface area contributed by atoms with Crippen molar-refractivity contribution in [3.05, 3.63) is 64.7 Å². The van der Waals surface area contributed by atoms with Crippen molar-refractivity contribution >= 4 is 44.3 Å². The average molecular weight is 465 g/mol. The Labute approximate surface area is 185 Å². The first-order valence-electron chi connectivity index (χ1n) is 9.47. The van der Waals surface area contributed by atoms with Gasteiger partial charge in [-0.2, -0.15) is 4.99 Å². The number of halogens is 1. The highest BCUT2D eigenvalue weighted by Crippen LogP contribution is 2.39. The van der Waals surface area contributed by atoms with E-state index in [0.717, 1.165) is 11.1 Å². The number of hydrogen-bond acceptors (Lipinski definition) is 5. The number of amides is 1. The van der Waals surface area contributed by atoms with Crippen LogP contribution in [0, 0.1) is 0 Å². The molecule has 0 N–H and O–H groups in total. The molecule has 2 aliphatic heterocycles. The van der Waals surface area contributed by atoms with Gasteiger partial charge in [-0.15, -0.1) is 0 Å². The molecule has 9 heteroatoms. The molecule has 2 aromatic rings. The lowest BCUT2D eigenvalue weighted by Gasteiger charge is -2.25. The van der Waals surface area contributed by atoms with Crippen molar-refractivity contribution in [2.75, 3.05) is 18.6 Å². The van der Waals surface area contributed by atoms with E-state index in [4.69, 9.17) is 16.3 Å². The van der Waals surface area contributed by atoms with Crippen LogP contribution in [0.1, 0.15) is 11.1 Å². The fraction of sp³-hybridized carbons (Fsp3) is 0.333. The van der Waals surface area contributed by atoms with E-state index in [9.17, 15) is 13.2 Å². The molecule has 0 saturated carbocycles. The maximum atomic E-state index is 12.7. The summed E-state index contributed by atoms with van der Waals surface area (Å²) in [6.07, 6.45) is 0.113. The van der Waals surface area contributed by atoms with Crippen LogP contribution >= 0.6 is 23.4 Å². The third-order valence-electron chi connectivity index (χ3n) is 5.23. The number of hydrogen-bond donors (Lipinski definition) is 0. The van der Waals surface area contributed by atoms with E-state index in [1.807, 2.05) is 41.3 Å². The minimum absolute atomic E-state index is 0.0643. The van der Waals surface area contributed by atoms with Crippen LogP contribution in [0.5, 0.6) is 5.75 Å². The SMILES string of the molecule is COc1ccccc1CC(=O)N=C1SC2CS(=O)(=O)CC2N1Cc1ccccc1Cl. The highest BCUT2D eigenvalue weighted by Gasteiger charge is 2.48. The van der Waals surface area contributed by atoms with E-state index in [0.29, 0.717) is 22.5 Å². The predicted molar refractivity (Wildman–Crippen MR) is 120 cm³/mol. The van der Waals surface area contributed by atoms with Crippen molar-refractivity contribution in [3.63, 3.8) is 0 Å². The van der Waals surface area contributed by atoms with Gasteiger partial charge in [0.05, 0.1) is 31.1 Å². The second-order valence-corrected chi connectivity index (χ2v) is 11.1. The van der Waals surface area contributed by atoms with Gasteiger partial charge in [-0.3, -0.25) is 4.79 Å². The molecule has 158 valence electrons. The molecule has 0 spiro atoms. The van der Waals surface area contributed by atoms with E-state index < -0.39 is 9.84 Å². The molecule has 0 aromatic heterocycles. The maximum absolute atomic E-state index is 12.7. The Hall–Kier alpha value is -2.03. The maximum Gasteiger partial charge on any atom is 0.252 e. The minimum Gasteiger partial charge on any atom is -0.496 e. The van der Waals surface area contributed by atoms with Gasteiger partial charge in [-0.25, -0.2) is 8.42 Å². The summed E-state index contributed by atoms with van der Waals surface area (Å²) in [5.41, 5.74) is 1.63. The Morgan fingerprint density at radius 2 is 1.87 bits per heavy atom. The number of carbonyl (C=O) groups is 1. The smallest absolute Gasteiger partial charge is 0.252 e. The normalized spacial score (nSPS) is 23.5. The standard InChI is InChI=1S/C21H21ClN2O4S2/c1-28-18-9-5-3-6-14(18)10-20(25)23-21-24(11-15-7-2-4-8-16(15)22)17-12-30(26,27)13-19(17)29-21/h2-9,17,19H,10-13H2,1H3. The molecule has 2 aliphatic rings. The van der Waals surface area contributed by atoms with Crippen LogP contribution in [-0.2, 0) is 27.6 Å². The zero-order chi connectivity index (χ0) is 21.3. The van der Waals surface area contributed by atoms with Crippen molar-refractivity contribution in [1.29, 1.82) is 0 Å². The minimum atomic E-state index is -3.10. The second kappa shape index (κ2) is 8.61. The number of rotatable bonds is 5. The van der Waals surface area contributed by atoms with E-state index >= 15 is 0 Å². The molecule has 0 bridgehead atoms. The number of fused-ring (bicyclic) bond motifs is 1. The number of aliphatic imine (C=N–C) groups is 1. The van der Waals surface area contributed by atoms with Crippen molar-refractivity contribution in [1.82, 2.24) is 4.90 Å². The number of thioether (sulfide) groups is 1. The third kappa shape index (κ3) is 4.50. The summed E-state index contributed by atoms with van der Waals surface area (Å²) in [4.78, 5) is 19.0. The second-order valence-electron chi connectivity index (χ2n) is 7.30. The molecule has 2 fully saturated rings. The monoisotopic (exact) mass is 464 g/mol. The lowest BCUT2D eigenvalue weighted by atomic mass is 10.1. The Bertz CT molecular complexity index is 1100. The van der Waals surface area contributed by atoms with E-state index in [1.54, 1.807) is 19.2 Å². The molecule has 2 aromatic carbocycles. The first-order chi connectivity index (χ1) is 14.4. The largest absolute Gasteiger partial charge is 0.496 e. The van der Waals surface area contributed by atoms with Crippen LogP contribution in [0.15, 0.2) is 53.5 Å². The van der Waals surface area contributed by atoms with Crippen molar-refractivity contribution in [3.8, 4) is 5.75 Å². The summed E-state index contributed by atoms with van der Waals surface area (Å²) in [7, 11) is -1.54. The van der Waals surface area contributed by atoms with Gasteiger partial charge in [0.2, 0.25) is 0 Å². The number of para-hydroxylation sites is 1. The van der Waals surface area contributed by atoms with Gasteiger partial charge in [0.1, 0.15) is 5.75 Å². The van der Waals surface area contributed by atoms with Crippen molar-refractivity contribution in [2.45, 2.75) is 24.3 Å². The number of amidine groups is 1. The lowest BCUT2D eigenvalue weighted by molar-refractivity contribution is -0.117. The molecule has 2 saturated heterocycles. The van der Waals surface area contributed by atoms with E-state index in [1.165, 1.54) is 11.8 Å². The van der Waals surface area contributed by atoms with Crippen LogP contribution in [0.3, 0.4) is 0 Å². The molecule has 2 atom stereocenters. The molecule has 4 rings (SSSR count). The number of nitrogens with zero attached hydrogens (tertiary/aromatic N) is 2. The summed E-state index contributed by atoms with van der Waals surface area (Å²) in [6.45, 7) is 0.407. The summed E-state index contributed by atoms with van der Waals surface area (Å²) in [5, 5.41) is 1.03. The zero-order valence-corrected chi connectivity index (χ0v) is 18.7. The van der Waals surface area contributed by atoms with Crippen LogP contribution < -0.4 is 4.74 Å². The number of carbonyl (C=O) groups excluding carboxylic acids is 1. The molecule has 2 heterocycles. The van der Waals surface area contributed by atoms with Gasteiger partial charge >= 0.3 is 0 Å². The highest BCUT2D eigenvalue weighted by atomic mass is 35.5. The third-order valence-corrected chi connectivity index (χ3v) is 8.84. The van der Waals surface area contributed by atoms with Crippen molar-refractivity contribution in [2.24, 2.45) is 4.99 Å². The predicted octanol–water partition coefficient (Wildman–Crippen LogP) is 3.19. The summed E-state index contributed by atoms with van der Waals surface area (Å²) >= 11 is 7.69. The number of benzene rings is 2.